The lowest BCUT2D eigenvalue weighted by molar-refractivity contribution is -0.276. The Morgan fingerprint density at radius 1 is 0.917 bits per heavy atom. The van der Waals surface area contributed by atoms with Crippen LogP contribution in [0.5, 0.6) is 0 Å². The Bertz CT molecular complexity index is 85.7. The average Bonchev–Trinajstić information content (AvgIpc) is 1.66. The fourth-order valence-corrected chi connectivity index (χ4v) is 0. The van der Waals surface area contributed by atoms with Gasteiger partial charge in [0.25, 0.3) is 0 Å². The predicted molar refractivity (Wildman–Crippen MR) is 39.3 cm³/mol. The first kappa shape index (κ1) is 31.9. The Hall–Kier alpha value is -1.80. The number of rotatable bonds is 0. The summed E-state index contributed by atoms with van der Waals surface area (Å²) in [6, 6.07) is 0. The van der Waals surface area contributed by atoms with Gasteiger partial charge in [-0.2, -0.15) is 0 Å². The van der Waals surface area contributed by atoms with Gasteiger partial charge >= 0.3 is 0 Å². The third-order valence-corrected chi connectivity index (χ3v) is 0. The smallest absolute Gasteiger partial charge is 0.249 e. The molecule has 76 valence electrons. The fourth-order valence-electron chi connectivity index (χ4n) is 0. The van der Waals surface area contributed by atoms with E-state index < -0.39 is 12.3 Å². The molecule has 0 saturated heterocycles. The van der Waals surface area contributed by atoms with Gasteiger partial charge in [-0.25, -0.2) is 0 Å². The minimum Gasteiger partial charge on any atom is -0.565 e. The van der Waals surface area contributed by atoms with Crippen LogP contribution in [0, 0.1) is 0 Å². The predicted octanol–water partition coefficient (Wildman–Crippen LogP) is -0.670. The minimum atomic E-state index is -2.08. The van der Waals surface area contributed by atoms with E-state index in [9.17, 15) is 0 Å². The maximum atomic E-state index is 8.44. The Labute approximate surface area is 68.9 Å². The lowest BCUT2D eigenvalue weighted by atomic mass is 11.3. The van der Waals surface area contributed by atoms with Crippen LogP contribution < -0.4 is 22.5 Å². The van der Waals surface area contributed by atoms with Crippen LogP contribution in [0.1, 0.15) is 0 Å². The number of carbonyl (C=O) groups is 2. The Kier molecular flexibility index (Phi) is 93.3. The molecule has 0 aromatic heterocycles. The molecule has 0 heterocycles. The minimum absolute atomic E-state index is 0. The van der Waals surface area contributed by atoms with Gasteiger partial charge in [0.1, 0.15) is 0 Å². The van der Waals surface area contributed by atoms with Gasteiger partial charge in [-0.1, -0.05) is 0 Å². The number of carboxylic acid groups (broad SMARTS) is 4. The van der Waals surface area contributed by atoms with Crippen LogP contribution in [0.15, 0.2) is 13.2 Å². The SMILES string of the molecule is C=C.O=C([O-])O.O=C([O-])O.[NH4+].[NH4+]. The average molecular weight is 186 g/mol. The van der Waals surface area contributed by atoms with Gasteiger partial charge in [0.2, 0.25) is 12.3 Å². The molecule has 0 aliphatic carbocycles. The second-order valence-electron chi connectivity index (χ2n) is 0.532. The van der Waals surface area contributed by atoms with E-state index in [4.69, 9.17) is 30.0 Å². The van der Waals surface area contributed by atoms with Crippen molar-refractivity contribution < 1.29 is 30.0 Å². The van der Waals surface area contributed by atoms with Crippen molar-refractivity contribution in [3.63, 3.8) is 0 Å². The Morgan fingerprint density at radius 3 is 0.917 bits per heavy atom. The molecule has 0 atom stereocenters. The number of quaternary nitrogens is 2. The molecule has 0 radical (unpaired) electrons. The topological polar surface area (TPSA) is 194 Å². The number of hydrogen-bond acceptors (Lipinski definition) is 4. The largest absolute Gasteiger partial charge is 0.565 e. The standard InChI is InChI=1S/C2H4.2CH2O3.2H3N/c1-2;2*2-1(3)4;;/h1-2H2;2*(H2,2,3,4);2*1H3. The highest BCUT2D eigenvalue weighted by Crippen LogP contribution is 1.32. The molecular formula is C4H14N2O6. The lowest BCUT2D eigenvalue weighted by Crippen LogP contribution is -2.17. The molecule has 0 aliphatic heterocycles. The fraction of sp³-hybridized carbons (Fsp3) is 0. The summed E-state index contributed by atoms with van der Waals surface area (Å²) in [5.41, 5.74) is 0. The molecule has 8 nitrogen and oxygen atoms in total. The maximum Gasteiger partial charge on any atom is 0.249 e. The van der Waals surface area contributed by atoms with E-state index in [1.54, 1.807) is 0 Å². The maximum absolute atomic E-state index is 8.44. The van der Waals surface area contributed by atoms with Crippen LogP contribution in [-0.4, -0.2) is 22.5 Å². The molecule has 0 aromatic rings. The van der Waals surface area contributed by atoms with Crippen molar-refractivity contribution in [2.24, 2.45) is 0 Å². The van der Waals surface area contributed by atoms with Crippen molar-refractivity contribution in [3.8, 4) is 0 Å². The van der Waals surface area contributed by atoms with Crippen molar-refractivity contribution in [1.29, 1.82) is 0 Å². The summed E-state index contributed by atoms with van der Waals surface area (Å²) in [6.45, 7) is 6.00. The molecule has 0 aromatic carbocycles. The van der Waals surface area contributed by atoms with Crippen molar-refractivity contribution in [2.75, 3.05) is 0 Å². The van der Waals surface area contributed by atoms with Gasteiger partial charge in [0.05, 0.1) is 0 Å². The monoisotopic (exact) mass is 186 g/mol. The lowest BCUT2D eigenvalue weighted by Gasteiger charge is -1.74. The number of hydrogen-bond donors (Lipinski definition) is 4. The van der Waals surface area contributed by atoms with Crippen molar-refractivity contribution >= 4 is 12.3 Å². The molecule has 0 spiro atoms. The van der Waals surface area contributed by atoms with Crippen molar-refractivity contribution in [1.82, 2.24) is 12.3 Å². The van der Waals surface area contributed by atoms with Crippen LogP contribution in [-0.2, 0) is 0 Å². The van der Waals surface area contributed by atoms with E-state index in [0.29, 0.717) is 0 Å². The Morgan fingerprint density at radius 2 is 0.917 bits per heavy atom. The van der Waals surface area contributed by atoms with Gasteiger partial charge in [-0.3, -0.25) is 0 Å². The summed E-state index contributed by atoms with van der Waals surface area (Å²) in [7, 11) is 0. The summed E-state index contributed by atoms with van der Waals surface area (Å²) in [5, 5.41) is 30.6. The van der Waals surface area contributed by atoms with Crippen molar-refractivity contribution in [2.45, 2.75) is 0 Å². The highest BCUT2D eigenvalue weighted by Gasteiger charge is 1.51. The van der Waals surface area contributed by atoms with Gasteiger partial charge in [0.15, 0.2) is 0 Å². The molecular weight excluding hydrogens is 172 g/mol. The first-order valence-corrected chi connectivity index (χ1v) is 1.76. The molecule has 0 unspecified atom stereocenters. The summed E-state index contributed by atoms with van der Waals surface area (Å²) >= 11 is 0. The molecule has 0 fully saturated rings. The van der Waals surface area contributed by atoms with E-state index in [1.807, 2.05) is 0 Å². The summed E-state index contributed by atoms with van der Waals surface area (Å²) in [6.07, 6.45) is -4.17. The second kappa shape index (κ2) is 35.1. The van der Waals surface area contributed by atoms with E-state index in [1.165, 1.54) is 0 Å². The van der Waals surface area contributed by atoms with Crippen LogP contribution in [0.4, 0.5) is 9.59 Å². The highest BCUT2D eigenvalue weighted by molar-refractivity contribution is 5.50. The zero-order chi connectivity index (χ0) is 9.15. The third-order valence-electron chi connectivity index (χ3n) is 0. The van der Waals surface area contributed by atoms with Crippen LogP contribution in [0.2, 0.25) is 0 Å². The van der Waals surface area contributed by atoms with Gasteiger partial charge in [-0.15, -0.1) is 13.2 Å². The molecule has 0 saturated carbocycles. The summed E-state index contributed by atoms with van der Waals surface area (Å²) < 4.78 is 0. The van der Waals surface area contributed by atoms with Crippen LogP contribution >= 0.6 is 0 Å². The van der Waals surface area contributed by atoms with Crippen molar-refractivity contribution in [3.05, 3.63) is 13.2 Å². The van der Waals surface area contributed by atoms with E-state index in [2.05, 4.69) is 13.2 Å². The first-order valence-electron chi connectivity index (χ1n) is 1.76. The van der Waals surface area contributed by atoms with Crippen LogP contribution in [0.25, 0.3) is 0 Å². The second-order valence-corrected chi connectivity index (χ2v) is 0.532. The summed E-state index contributed by atoms with van der Waals surface area (Å²) in [4.78, 5) is 16.9. The molecule has 0 bridgehead atoms. The molecule has 0 aliphatic rings. The van der Waals surface area contributed by atoms with E-state index >= 15 is 0 Å². The molecule has 0 amide bonds. The molecule has 10 N–H and O–H groups in total. The highest BCUT2D eigenvalue weighted by atomic mass is 16.6. The zero-order valence-electron chi connectivity index (χ0n) is 6.94. The van der Waals surface area contributed by atoms with Gasteiger partial charge < -0.3 is 42.3 Å². The van der Waals surface area contributed by atoms with E-state index in [0.717, 1.165) is 0 Å². The third kappa shape index (κ3) is 131. The van der Waals surface area contributed by atoms with E-state index in [-0.39, 0.29) is 12.3 Å². The molecule has 8 heteroatoms. The quantitative estimate of drug-likeness (QED) is 0.362. The van der Waals surface area contributed by atoms with Gasteiger partial charge in [0, 0.05) is 0 Å². The first-order chi connectivity index (χ1) is 4.46. The molecule has 0 rings (SSSR count). The molecule has 12 heavy (non-hydrogen) atoms. The summed E-state index contributed by atoms with van der Waals surface area (Å²) in [5.74, 6) is 0. The van der Waals surface area contributed by atoms with Crippen LogP contribution in [0.3, 0.4) is 0 Å². The normalized spacial score (nSPS) is 4.33. The van der Waals surface area contributed by atoms with Gasteiger partial charge in [-0.05, 0) is 0 Å². The Balaban J connectivity index is -0.0000000198. The zero-order valence-corrected chi connectivity index (χ0v) is 6.94.